The minimum Gasteiger partial charge on any atom is -0.371 e. The Morgan fingerprint density at radius 3 is 2.62 bits per heavy atom. The molecular formula is C17H25N3O3S. The first-order chi connectivity index (χ1) is 11.5. The lowest BCUT2D eigenvalue weighted by Gasteiger charge is -2.34. The van der Waals surface area contributed by atoms with Gasteiger partial charge in [0, 0.05) is 31.4 Å². The fourth-order valence-electron chi connectivity index (χ4n) is 2.78. The van der Waals surface area contributed by atoms with E-state index in [9.17, 15) is 13.2 Å². The Balaban J connectivity index is 2.04. The third kappa shape index (κ3) is 4.82. The van der Waals surface area contributed by atoms with Crippen molar-refractivity contribution in [2.24, 2.45) is 0 Å². The van der Waals surface area contributed by atoms with Crippen molar-refractivity contribution in [1.29, 1.82) is 0 Å². The molecule has 0 atom stereocenters. The quantitative estimate of drug-likeness (QED) is 0.730. The minimum atomic E-state index is -3.18. The van der Waals surface area contributed by atoms with E-state index in [1.165, 1.54) is 0 Å². The Morgan fingerprint density at radius 1 is 1.33 bits per heavy atom. The van der Waals surface area contributed by atoms with Gasteiger partial charge in [0.1, 0.15) is 0 Å². The molecule has 0 unspecified atom stereocenters. The maximum absolute atomic E-state index is 12.3. The van der Waals surface area contributed by atoms with Crippen molar-refractivity contribution >= 4 is 21.6 Å². The first-order valence-corrected chi connectivity index (χ1v) is 9.85. The molecule has 6 nitrogen and oxygen atoms in total. The van der Waals surface area contributed by atoms with Crippen LogP contribution in [0.5, 0.6) is 0 Å². The number of amides is 1. The molecule has 1 heterocycles. The van der Waals surface area contributed by atoms with Gasteiger partial charge in [-0.2, -0.15) is 0 Å². The highest BCUT2D eigenvalue weighted by atomic mass is 32.2. The SMILES string of the molecule is C=CCNC(=O)c1ccccc1N1CCC(NS(=O)(=O)CC)CC1. The van der Waals surface area contributed by atoms with Crippen LogP contribution in [0.3, 0.4) is 0 Å². The van der Waals surface area contributed by atoms with Gasteiger partial charge in [-0.1, -0.05) is 18.2 Å². The summed E-state index contributed by atoms with van der Waals surface area (Å²) in [5.74, 6) is -0.0289. The predicted molar refractivity (Wildman–Crippen MR) is 96.8 cm³/mol. The molecule has 7 heteroatoms. The fraction of sp³-hybridized carbons (Fsp3) is 0.471. The van der Waals surface area contributed by atoms with Gasteiger partial charge in [0.25, 0.3) is 5.91 Å². The Kier molecular flexibility index (Phi) is 6.39. The van der Waals surface area contributed by atoms with Crippen LogP contribution in [-0.4, -0.2) is 45.8 Å². The average Bonchev–Trinajstić information content (AvgIpc) is 2.60. The van der Waals surface area contributed by atoms with Crippen molar-refractivity contribution in [2.75, 3.05) is 30.3 Å². The highest BCUT2D eigenvalue weighted by Gasteiger charge is 2.24. The second-order valence-electron chi connectivity index (χ2n) is 5.80. The lowest BCUT2D eigenvalue weighted by Crippen LogP contribution is -2.45. The van der Waals surface area contributed by atoms with Crippen LogP contribution in [0, 0.1) is 0 Å². The number of nitrogens with zero attached hydrogens (tertiary/aromatic N) is 1. The molecule has 0 spiro atoms. The monoisotopic (exact) mass is 351 g/mol. The molecule has 0 saturated carbocycles. The summed E-state index contributed by atoms with van der Waals surface area (Å²) in [6.07, 6.45) is 3.09. The third-order valence-corrected chi connectivity index (χ3v) is 5.57. The summed E-state index contributed by atoms with van der Waals surface area (Å²) < 4.78 is 26.1. The van der Waals surface area contributed by atoms with Gasteiger partial charge in [0.15, 0.2) is 0 Å². The summed E-state index contributed by atoms with van der Waals surface area (Å²) in [5, 5.41) is 2.80. The molecule has 1 aliphatic heterocycles. The first kappa shape index (κ1) is 18.5. The lowest BCUT2D eigenvalue weighted by atomic mass is 10.0. The summed E-state index contributed by atoms with van der Waals surface area (Å²) in [5.41, 5.74) is 1.52. The standard InChI is InChI=1S/C17H25N3O3S/c1-3-11-18-17(21)15-7-5-6-8-16(15)20-12-9-14(10-13-20)19-24(22,23)4-2/h3,5-8,14,19H,1,4,9-13H2,2H3,(H,18,21). The van der Waals surface area contributed by atoms with Crippen LogP contribution in [0.2, 0.25) is 0 Å². The van der Waals surface area contributed by atoms with Crippen LogP contribution < -0.4 is 14.9 Å². The third-order valence-electron chi connectivity index (χ3n) is 4.12. The molecule has 1 aromatic rings. The average molecular weight is 351 g/mol. The minimum absolute atomic E-state index is 0.0343. The number of sulfonamides is 1. The van der Waals surface area contributed by atoms with Gasteiger partial charge in [0.2, 0.25) is 10.0 Å². The molecule has 2 N–H and O–H groups in total. The number of hydrogen-bond acceptors (Lipinski definition) is 4. The molecule has 0 aromatic heterocycles. The highest BCUT2D eigenvalue weighted by molar-refractivity contribution is 7.89. The maximum Gasteiger partial charge on any atom is 0.253 e. The topological polar surface area (TPSA) is 78.5 Å². The van der Waals surface area contributed by atoms with E-state index in [1.54, 1.807) is 19.1 Å². The Hall–Kier alpha value is -1.86. The van der Waals surface area contributed by atoms with Gasteiger partial charge in [-0.3, -0.25) is 4.79 Å². The molecule has 0 aliphatic carbocycles. The van der Waals surface area contributed by atoms with Crippen molar-refractivity contribution in [3.63, 3.8) is 0 Å². The number of para-hydroxylation sites is 1. The number of piperidine rings is 1. The van der Waals surface area contributed by atoms with Gasteiger partial charge < -0.3 is 10.2 Å². The van der Waals surface area contributed by atoms with Gasteiger partial charge in [-0.15, -0.1) is 6.58 Å². The normalized spacial score (nSPS) is 16.0. The molecule has 1 fully saturated rings. The number of anilines is 1. The van der Waals surface area contributed by atoms with Crippen LogP contribution in [0.1, 0.15) is 30.1 Å². The maximum atomic E-state index is 12.3. The van der Waals surface area contributed by atoms with Crippen molar-refractivity contribution in [2.45, 2.75) is 25.8 Å². The zero-order chi connectivity index (χ0) is 17.6. The van der Waals surface area contributed by atoms with Crippen molar-refractivity contribution < 1.29 is 13.2 Å². The first-order valence-electron chi connectivity index (χ1n) is 8.20. The van der Waals surface area contributed by atoms with Gasteiger partial charge in [0.05, 0.1) is 11.3 Å². The predicted octanol–water partition coefficient (Wildman–Crippen LogP) is 1.51. The summed E-state index contributed by atoms with van der Waals surface area (Å²) in [6, 6.07) is 7.45. The number of benzene rings is 1. The van der Waals surface area contributed by atoms with E-state index in [0.29, 0.717) is 25.2 Å². The second kappa shape index (κ2) is 8.30. The number of carbonyl (C=O) groups is 1. The largest absolute Gasteiger partial charge is 0.371 e. The Morgan fingerprint density at radius 2 is 2.00 bits per heavy atom. The van der Waals surface area contributed by atoms with Crippen molar-refractivity contribution in [3.05, 3.63) is 42.5 Å². The van der Waals surface area contributed by atoms with Crippen LogP contribution >= 0.6 is 0 Å². The smallest absolute Gasteiger partial charge is 0.253 e. The summed E-state index contributed by atoms with van der Waals surface area (Å²) >= 11 is 0. The molecule has 2 rings (SSSR count). The van der Waals surface area contributed by atoms with E-state index in [-0.39, 0.29) is 17.7 Å². The van der Waals surface area contributed by atoms with E-state index in [4.69, 9.17) is 0 Å². The van der Waals surface area contributed by atoms with Gasteiger partial charge in [-0.25, -0.2) is 13.1 Å². The molecule has 24 heavy (non-hydrogen) atoms. The van der Waals surface area contributed by atoms with E-state index in [2.05, 4.69) is 21.5 Å². The van der Waals surface area contributed by atoms with Crippen molar-refractivity contribution in [1.82, 2.24) is 10.0 Å². The van der Waals surface area contributed by atoms with Crippen molar-refractivity contribution in [3.8, 4) is 0 Å². The van der Waals surface area contributed by atoms with Crippen LogP contribution in [0.4, 0.5) is 5.69 Å². The fourth-order valence-corrected chi connectivity index (χ4v) is 3.69. The molecule has 1 aliphatic rings. The van der Waals surface area contributed by atoms with Gasteiger partial charge in [-0.05, 0) is 31.9 Å². The summed E-state index contributed by atoms with van der Waals surface area (Å²) in [6.45, 7) is 7.08. The summed E-state index contributed by atoms with van der Waals surface area (Å²) in [4.78, 5) is 14.4. The van der Waals surface area contributed by atoms with E-state index >= 15 is 0 Å². The zero-order valence-corrected chi connectivity index (χ0v) is 14.8. The molecule has 0 bridgehead atoms. The molecular weight excluding hydrogens is 326 g/mol. The molecule has 132 valence electrons. The molecule has 1 amide bonds. The highest BCUT2D eigenvalue weighted by Crippen LogP contribution is 2.24. The van der Waals surface area contributed by atoms with E-state index < -0.39 is 10.0 Å². The number of rotatable bonds is 7. The molecule has 0 radical (unpaired) electrons. The number of carbonyl (C=O) groups excluding carboxylic acids is 1. The van der Waals surface area contributed by atoms with E-state index in [1.807, 2.05) is 18.2 Å². The second-order valence-corrected chi connectivity index (χ2v) is 7.84. The Bertz CT molecular complexity index is 680. The number of hydrogen-bond donors (Lipinski definition) is 2. The Labute approximate surface area is 144 Å². The van der Waals surface area contributed by atoms with Crippen LogP contribution in [0.25, 0.3) is 0 Å². The zero-order valence-electron chi connectivity index (χ0n) is 14.0. The van der Waals surface area contributed by atoms with Gasteiger partial charge >= 0.3 is 0 Å². The molecule has 1 saturated heterocycles. The lowest BCUT2D eigenvalue weighted by molar-refractivity contribution is 0.0958. The van der Waals surface area contributed by atoms with Crippen LogP contribution in [-0.2, 0) is 10.0 Å². The molecule has 1 aromatic carbocycles. The van der Waals surface area contributed by atoms with Crippen LogP contribution in [0.15, 0.2) is 36.9 Å². The van der Waals surface area contributed by atoms with E-state index in [0.717, 1.165) is 18.5 Å². The number of nitrogens with one attached hydrogen (secondary N) is 2. The summed E-state index contributed by atoms with van der Waals surface area (Å²) in [7, 11) is -3.18.